The van der Waals surface area contributed by atoms with Gasteiger partial charge < -0.3 is 14.8 Å². The molecule has 0 fully saturated rings. The van der Waals surface area contributed by atoms with Crippen molar-refractivity contribution in [2.24, 2.45) is 0 Å². The van der Waals surface area contributed by atoms with Gasteiger partial charge in [0.2, 0.25) is 12.7 Å². The molecule has 2 aromatic carbocycles. The number of likely N-dealkylation sites (N-methyl/N-ethyl adjacent to an activating group) is 1. The SMILES string of the molecule is C[C@@H](C(=O)Nc1cccc(Cl)c1Cl)N(C)Cc1ccc2c(c1)OCO2. The quantitative estimate of drug-likeness (QED) is 0.844. The number of rotatable bonds is 5. The molecule has 5 nitrogen and oxygen atoms in total. The highest BCUT2D eigenvalue weighted by atomic mass is 35.5. The lowest BCUT2D eigenvalue weighted by Crippen LogP contribution is -2.39. The molecule has 1 aliphatic rings. The molecule has 0 spiro atoms. The van der Waals surface area contributed by atoms with Crippen LogP contribution in [0.1, 0.15) is 12.5 Å². The molecule has 7 heteroatoms. The van der Waals surface area contributed by atoms with Crippen molar-refractivity contribution in [2.75, 3.05) is 19.2 Å². The minimum atomic E-state index is -0.361. The van der Waals surface area contributed by atoms with Crippen LogP contribution in [-0.2, 0) is 11.3 Å². The van der Waals surface area contributed by atoms with Crippen molar-refractivity contribution >= 4 is 34.8 Å². The lowest BCUT2D eigenvalue weighted by atomic mass is 10.1. The third-order valence-electron chi connectivity index (χ3n) is 4.12. The molecule has 0 aromatic heterocycles. The Hall–Kier alpha value is -1.95. The second-order valence-electron chi connectivity index (χ2n) is 5.87. The van der Waals surface area contributed by atoms with Gasteiger partial charge in [0.05, 0.1) is 21.8 Å². The van der Waals surface area contributed by atoms with E-state index in [4.69, 9.17) is 32.7 Å². The second-order valence-corrected chi connectivity index (χ2v) is 6.65. The molecular weight excluding hydrogens is 363 g/mol. The number of nitrogens with one attached hydrogen (secondary N) is 1. The van der Waals surface area contributed by atoms with Crippen LogP contribution < -0.4 is 14.8 Å². The van der Waals surface area contributed by atoms with Crippen LogP contribution in [0.15, 0.2) is 36.4 Å². The zero-order chi connectivity index (χ0) is 18.0. The van der Waals surface area contributed by atoms with Gasteiger partial charge in [0, 0.05) is 6.54 Å². The van der Waals surface area contributed by atoms with Crippen LogP contribution in [0, 0.1) is 0 Å². The maximum Gasteiger partial charge on any atom is 0.241 e. The molecule has 0 saturated carbocycles. The molecule has 1 N–H and O–H groups in total. The van der Waals surface area contributed by atoms with Crippen molar-refractivity contribution in [3.8, 4) is 11.5 Å². The predicted molar refractivity (Wildman–Crippen MR) is 98.6 cm³/mol. The molecule has 132 valence electrons. The van der Waals surface area contributed by atoms with Gasteiger partial charge >= 0.3 is 0 Å². The number of hydrogen-bond acceptors (Lipinski definition) is 4. The van der Waals surface area contributed by atoms with Gasteiger partial charge in [0.15, 0.2) is 11.5 Å². The van der Waals surface area contributed by atoms with Crippen LogP contribution in [0.5, 0.6) is 11.5 Å². The van der Waals surface area contributed by atoms with Crippen molar-refractivity contribution < 1.29 is 14.3 Å². The van der Waals surface area contributed by atoms with E-state index in [1.165, 1.54) is 0 Å². The minimum Gasteiger partial charge on any atom is -0.454 e. The first-order valence-corrected chi connectivity index (χ1v) is 8.55. The predicted octanol–water partition coefficient (Wildman–Crippen LogP) is 4.18. The van der Waals surface area contributed by atoms with Gasteiger partial charge in [-0.05, 0) is 43.8 Å². The first kappa shape index (κ1) is 17.9. The number of ether oxygens (including phenoxy) is 2. The zero-order valence-corrected chi connectivity index (χ0v) is 15.4. The zero-order valence-electron chi connectivity index (χ0n) is 13.9. The Labute approximate surface area is 156 Å². The topological polar surface area (TPSA) is 50.8 Å². The summed E-state index contributed by atoms with van der Waals surface area (Å²) < 4.78 is 10.7. The number of anilines is 1. The Kier molecular flexibility index (Phi) is 5.37. The van der Waals surface area contributed by atoms with E-state index in [0.29, 0.717) is 22.3 Å². The summed E-state index contributed by atoms with van der Waals surface area (Å²) in [5, 5.41) is 3.56. The van der Waals surface area contributed by atoms with Gasteiger partial charge in [-0.15, -0.1) is 0 Å². The molecule has 1 aliphatic heterocycles. The van der Waals surface area contributed by atoms with Crippen LogP contribution >= 0.6 is 23.2 Å². The van der Waals surface area contributed by atoms with Crippen LogP contribution in [0.25, 0.3) is 0 Å². The fraction of sp³-hybridized carbons (Fsp3) is 0.278. The second kappa shape index (κ2) is 7.52. The molecular formula is C18H18Cl2N2O3. The van der Waals surface area contributed by atoms with E-state index in [2.05, 4.69) is 5.32 Å². The summed E-state index contributed by atoms with van der Waals surface area (Å²) in [6, 6.07) is 10.5. The summed E-state index contributed by atoms with van der Waals surface area (Å²) in [5.74, 6) is 1.31. The van der Waals surface area contributed by atoms with Gasteiger partial charge in [-0.3, -0.25) is 9.69 Å². The molecule has 1 amide bonds. The van der Waals surface area contributed by atoms with E-state index in [9.17, 15) is 4.79 Å². The van der Waals surface area contributed by atoms with E-state index in [1.54, 1.807) is 18.2 Å². The molecule has 0 bridgehead atoms. The molecule has 2 aromatic rings. The number of hydrogen-bond donors (Lipinski definition) is 1. The van der Waals surface area contributed by atoms with E-state index < -0.39 is 0 Å². The Balaban J connectivity index is 1.64. The summed E-state index contributed by atoms with van der Waals surface area (Å²) in [6.07, 6.45) is 0. The van der Waals surface area contributed by atoms with Crippen LogP contribution in [0.2, 0.25) is 10.0 Å². The van der Waals surface area contributed by atoms with Gasteiger partial charge in [0.25, 0.3) is 0 Å². The summed E-state index contributed by atoms with van der Waals surface area (Å²) in [7, 11) is 1.88. The first-order chi connectivity index (χ1) is 12.0. The molecule has 1 atom stereocenters. The number of nitrogens with zero attached hydrogens (tertiary/aromatic N) is 1. The molecule has 0 saturated heterocycles. The standard InChI is InChI=1S/C18H18Cl2N2O3/c1-11(18(23)21-14-5-3-4-13(19)17(14)20)22(2)9-12-6-7-15-16(8-12)25-10-24-15/h3-8,11H,9-10H2,1-2H3,(H,21,23)/t11-/m0/s1. The average Bonchev–Trinajstić information content (AvgIpc) is 3.06. The Bertz CT molecular complexity index is 798. The highest BCUT2D eigenvalue weighted by Crippen LogP contribution is 2.33. The lowest BCUT2D eigenvalue weighted by Gasteiger charge is -2.24. The van der Waals surface area contributed by atoms with Crippen molar-refractivity contribution in [1.82, 2.24) is 4.90 Å². The highest BCUT2D eigenvalue weighted by molar-refractivity contribution is 6.44. The third kappa shape index (κ3) is 4.00. The summed E-state index contributed by atoms with van der Waals surface area (Å²) >= 11 is 12.1. The molecule has 1 heterocycles. The minimum absolute atomic E-state index is 0.160. The smallest absolute Gasteiger partial charge is 0.241 e. The Morgan fingerprint density at radius 2 is 2.00 bits per heavy atom. The van der Waals surface area contributed by atoms with Crippen molar-refractivity contribution in [3.05, 3.63) is 52.0 Å². The van der Waals surface area contributed by atoms with Crippen molar-refractivity contribution in [3.63, 3.8) is 0 Å². The van der Waals surface area contributed by atoms with Gasteiger partial charge in [-0.1, -0.05) is 35.3 Å². The molecule has 0 unspecified atom stereocenters. The van der Waals surface area contributed by atoms with Gasteiger partial charge in [-0.25, -0.2) is 0 Å². The number of carbonyl (C=O) groups is 1. The normalized spacial score (nSPS) is 13.8. The number of fused-ring (bicyclic) bond motifs is 1. The number of halogens is 2. The van der Waals surface area contributed by atoms with Crippen LogP contribution in [0.4, 0.5) is 5.69 Å². The molecule has 3 rings (SSSR count). The number of benzene rings is 2. The maximum absolute atomic E-state index is 12.5. The van der Waals surface area contributed by atoms with Crippen LogP contribution in [-0.4, -0.2) is 30.7 Å². The number of amides is 1. The van der Waals surface area contributed by atoms with E-state index in [1.807, 2.05) is 37.1 Å². The molecule has 0 radical (unpaired) electrons. The van der Waals surface area contributed by atoms with Gasteiger partial charge in [0.1, 0.15) is 0 Å². The maximum atomic E-state index is 12.5. The lowest BCUT2D eigenvalue weighted by molar-refractivity contribution is -0.120. The van der Waals surface area contributed by atoms with E-state index in [0.717, 1.165) is 17.1 Å². The number of carbonyl (C=O) groups excluding carboxylic acids is 1. The highest BCUT2D eigenvalue weighted by Gasteiger charge is 2.21. The fourth-order valence-electron chi connectivity index (χ4n) is 2.50. The largest absolute Gasteiger partial charge is 0.454 e. The summed E-state index contributed by atoms with van der Waals surface area (Å²) in [6.45, 7) is 2.67. The van der Waals surface area contributed by atoms with Gasteiger partial charge in [-0.2, -0.15) is 0 Å². The molecule has 0 aliphatic carbocycles. The first-order valence-electron chi connectivity index (χ1n) is 7.79. The third-order valence-corrected chi connectivity index (χ3v) is 4.94. The Morgan fingerprint density at radius 1 is 1.24 bits per heavy atom. The summed E-state index contributed by atoms with van der Waals surface area (Å²) in [5.41, 5.74) is 1.54. The van der Waals surface area contributed by atoms with E-state index >= 15 is 0 Å². The van der Waals surface area contributed by atoms with Crippen molar-refractivity contribution in [1.29, 1.82) is 0 Å². The Morgan fingerprint density at radius 3 is 2.80 bits per heavy atom. The van der Waals surface area contributed by atoms with E-state index in [-0.39, 0.29) is 18.7 Å². The summed E-state index contributed by atoms with van der Waals surface area (Å²) in [4.78, 5) is 14.4. The average molecular weight is 381 g/mol. The molecule has 25 heavy (non-hydrogen) atoms. The van der Waals surface area contributed by atoms with Crippen molar-refractivity contribution in [2.45, 2.75) is 19.5 Å². The van der Waals surface area contributed by atoms with Crippen LogP contribution in [0.3, 0.4) is 0 Å². The fourth-order valence-corrected chi connectivity index (χ4v) is 2.85. The monoisotopic (exact) mass is 380 g/mol.